The summed E-state index contributed by atoms with van der Waals surface area (Å²) in [7, 11) is 0. The number of alkyl halides is 2. The molecule has 0 saturated heterocycles. The summed E-state index contributed by atoms with van der Waals surface area (Å²) >= 11 is 0. The Hall–Kier alpha value is -0.970. The molecule has 1 aromatic rings. The van der Waals surface area contributed by atoms with Gasteiger partial charge in [-0.15, -0.1) is 0 Å². The lowest BCUT2D eigenvalue weighted by atomic mass is 9.75. The third-order valence-corrected chi connectivity index (χ3v) is 2.56. The Kier molecular flexibility index (Phi) is 1.83. The van der Waals surface area contributed by atoms with Crippen molar-refractivity contribution in [1.82, 2.24) is 9.78 Å². The van der Waals surface area contributed by atoms with Crippen molar-refractivity contribution < 1.29 is 8.78 Å². The van der Waals surface area contributed by atoms with Gasteiger partial charge in [0, 0.05) is 6.20 Å². The molecule has 3 nitrogen and oxygen atoms in total. The third-order valence-electron chi connectivity index (χ3n) is 2.56. The van der Waals surface area contributed by atoms with Gasteiger partial charge in [0.25, 0.3) is 0 Å². The standard InChI is InChI=1S/C8H11F2N3/c9-7(10)13-5-2-6(12-13)8(11)3-1-4-8/h2,5,7H,1,3-4,11H2. The highest BCUT2D eigenvalue weighted by Crippen LogP contribution is 2.37. The van der Waals surface area contributed by atoms with Crippen LogP contribution in [0.3, 0.4) is 0 Å². The van der Waals surface area contributed by atoms with E-state index >= 15 is 0 Å². The minimum absolute atomic E-state index is 0.444. The van der Waals surface area contributed by atoms with Gasteiger partial charge >= 0.3 is 6.55 Å². The molecule has 0 atom stereocenters. The number of hydrogen-bond donors (Lipinski definition) is 1. The zero-order chi connectivity index (χ0) is 9.47. The number of aromatic nitrogens is 2. The van der Waals surface area contributed by atoms with Crippen LogP contribution in [0, 0.1) is 0 Å². The fourth-order valence-corrected chi connectivity index (χ4v) is 1.53. The van der Waals surface area contributed by atoms with Crippen LogP contribution in [0.5, 0.6) is 0 Å². The van der Waals surface area contributed by atoms with Gasteiger partial charge in [-0.1, -0.05) is 0 Å². The molecule has 1 aliphatic rings. The van der Waals surface area contributed by atoms with E-state index in [1.165, 1.54) is 6.20 Å². The first kappa shape index (κ1) is 8.62. The van der Waals surface area contributed by atoms with Crippen molar-refractivity contribution in [3.63, 3.8) is 0 Å². The van der Waals surface area contributed by atoms with Gasteiger partial charge in [-0.05, 0) is 25.3 Å². The molecule has 0 radical (unpaired) electrons. The second kappa shape index (κ2) is 2.77. The van der Waals surface area contributed by atoms with Crippen molar-refractivity contribution in [2.45, 2.75) is 31.4 Å². The van der Waals surface area contributed by atoms with Crippen LogP contribution in [0.1, 0.15) is 31.5 Å². The van der Waals surface area contributed by atoms with Gasteiger partial charge in [0.15, 0.2) is 0 Å². The number of nitrogens with zero attached hydrogens (tertiary/aromatic N) is 2. The van der Waals surface area contributed by atoms with Crippen molar-refractivity contribution in [1.29, 1.82) is 0 Å². The van der Waals surface area contributed by atoms with Crippen molar-refractivity contribution in [3.8, 4) is 0 Å². The van der Waals surface area contributed by atoms with Crippen LogP contribution in [0.4, 0.5) is 8.78 Å². The van der Waals surface area contributed by atoms with Crippen molar-refractivity contribution in [3.05, 3.63) is 18.0 Å². The predicted octanol–water partition coefficient (Wildman–Crippen LogP) is 1.62. The fraction of sp³-hybridized carbons (Fsp3) is 0.625. The number of halogens is 2. The minimum atomic E-state index is -2.57. The van der Waals surface area contributed by atoms with Crippen LogP contribution in [0.15, 0.2) is 12.3 Å². The van der Waals surface area contributed by atoms with Gasteiger partial charge in [0.2, 0.25) is 0 Å². The van der Waals surface area contributed by atoms with Crippen LogP contribution >= 0.6 is 0 Å². The molecule has 0 aromatic carbocycles. The average molecular weight is 187 g/mol. The highest BCUT2D eigenvalue weighted by Gasteiger charge is 2.36. The minimum Gasteiger partial charge on any atom is -0.320 e. The van der Waals surface area contributed by atoms with Gasteiger partial charge in [-0.2, -0.15) is 13.9 Å². The van der Waals surface area contributed by atoms with Crippen molar-refractivity contribution >= 4 is 0 Å². The van der Waals surface area contributed by atoms with Gasteiger partial charge in [-0.3, -0.25) is 0 Å². The summed E-state index contributed by atoms with van der Waals surface area (Å²) in [4.78, 5) is 0. The molecule has 1 aliphatic carbocycles. The normalized spacial score (nSPS) is 20.3. The Morgan fingerprint density at radius 3 is 2.62 bits per heavy atom. The highest BCUT2D eigenvalue weighted by atomic mass is 19.3. The largest absolute Gasteiger partial charge is 0.333 e. The Balaban J connectivity index is 2.22. The molecule has 2 N–H and O–H groups in total. The van der Waals surface area contributed by atoms with Crippen LogP contribution in [0.2, 0.25) is 0 Å². The van der Waals surface area contributed by atoms with Gasteiger partial charge < -0.3 is 5.73 Å². The van der Waals surface area contributed by atoms with E-state index in [2.05, 4.69) is 5.10 Å². The summed E-state index contributed by atoms with van der Waals surface area (Å²) in [5.41, 5.74) is 6.06. The summed E-state index contributed by atoms with van der Waals surface area (Å²) in [6, 6.07) is 1.57. The maximum absolute atomic E-state index is 12.2. The zero-order valence-corrected chi connectivity index (χ0v) is 7.08. The van der Waals surface area contributed by atoms with Gasteiger partial charge in [-0.25, -0.2) is 4.68 Å². The molecule has 0 spiro atoms. The molecular formula is C8H11F2N3. The van der Waals surface area contributed by atoms with Crippen LogP contribution in [0.25, 0.3) is 0 Å². The second-order valence-electron chi connectivity index (χ2n) is 3.47. The predicted molar refractivity (Wildman–Crippen MR) is 43.2 cm³/mol. The maximum atomic E-state index is 12.2. The summed E-state index contributed by atoms with van der Waals surface area (Å²) in [5, 5.41) is 3.75. The molecule has 1 aromatic heterocycles. The average Bonchev–Trinajstić information content (AvgIpc) is 2.48. The fourth-order valence-electron chi connectivity index (χ4n) is 1.53. The third kappa shape index (κ3) is 1.33. The molecule has 5 heteroatoms. The Morgan fingerprint density at radius 2 is 2.23 bits per heavy atom. The molecule has 13 heavy (non-hydrogen) atoms. The molecule has 1 saturated carbocycles. The van der Waals surface area contributed by atoms with E-state index < -0.39 is 12.1 Å². The first-order valence-electron chi connectivity index (χ1n) is 4.24. The SMILES string of the molecule is NC1(c2ccn(C(F)F)n2)CCC1. The Bertz CT molecular complexity index is 304. The quantitative estimate of drug-likeness (QED) is 0.764. The molecule has 0 unspecified atom stereocenters. The lowest BCUT2D eigenvalue weighted by Crippen LogP contribution is -2.43. The van der Waals surface area contributed by atoms with Gasteiger partial charge in [0.05, 0.1) is 11.2 Å². The summed E-state index contributed by atoms with van der Waals surface area (Å²) in [6.07, 6.45) is 4.01. The molecular weight excluding hydrogens is 176 g/mol. The van der Waals surface area contributed by atoms with E-state index in [0.29, 0.717) is 10.4 Å². The topological polar surface area (TPSA) is 43.8 Å². The van der Waals surface area contributed by atoms with Crippen LogP contribution < -0.4 is 5.73 Å². The van der Waals surface area contributed by atoms with E-state index in [0.717, 1.165) is 19.3 Å². The first-order valence-corrected chi connectivity index (χ1v) is 4.24. The van der Waals surface area contributed by atoms with E-state index in [4.69, 9.17) is 5.73 Å². The van der Waals surface area contributed by atoms with E-state index in [9.17, 15) is 8.78 Å². The lowest BCUT2D eigenvalue weighted by Gasteiger charge is -2.36. The molecule has 0 bridgehead atoms. The van der Waals surface area contributed by atoms with Crippen molar-refractivity contribution in [2.75, 3.05) is 0 Å². The molecule has 0 aliphatic heterocycles. The summed E-state index contributed by atoms with van der Waals surface area (Å²) in [6.45, 7) is -2.57. The van der Waals surface area contributed by atoms with E-state index in [1.807, 2.05) is 0 Å². The molecule has 2 rings (SSSR count). The van der Waals surface area contributed by atoms with E-state index in [1.54, 1.807) is 6.07 Å². The first-order chi connectivity index (χ1) is 6.12. The van der Waals surface area contributed by atoms with Gasteiger partial charge in [0.1, 0.15) is 0 Å². The Morgan fingerprint density at radius 1 is 1.54 bits per heavy atom. The number of rotatable bonds is 2. The van der Waals surface area contributed by atoms with Crippen LogP contribution in [-0.2, 0) is 5.54 Å². The smallest absolute Gasteiger partial charge is 0.320 e. The van der Waals surface area contributed by atoms with E-state index in [-0.39, 0.29) is 0 Å². The highest BCUT2D eigenvalue weighted by molar-refractivity contribution is 5.16. The lowest BCUT2D eigenvalue weighted by molar-refractivity contribution is 0.0549. The molecule has 1 fully saturated rings. The molecule has 0 amide bonds. The monoisotopic (exact) mass is 187 g/mol. The maximum Gasteiger partial charge on any atom is 0.333 e. The second-order valence-corrected chi connectivity index (χ2v) is 3.47. The Labute approximate surface area is 74.5 Å². The van der Waals surface area contributed by atoms with Crippen molar-refractivity contribution in [2.24, 2.45) is 5.73 Å². The van der Waals surface area contributed by atoms with Crippen LogP contribution in [-0.4, -0.2) is 9.78 Å². The zero-order valence-electron chi connectivity index (χ0n) is 7.08. The summed E-state index contributed by atoms with van der Waals surface area (Å²) in [5.74, 6) is 0. The molecule has 1 heterocycles. The summed E-state index contributed by atoms with van der Waals surface area (Å²) < 4.78 is 24.9. The number of nitrogens with two attached hydrogens (primary N) is 1. The number of hydrogen-bond acceptors (Lipinski definition) is 2. The molecule has 72 valence electrons.